The van der Waals surface area contributed by atoms with E-state index in [2.05, 4.69) is 21.6 Å². The molecule has 4 heterocycles. The Hall–Kier alpha value is -2.25. The first-order valence-electron chi connectivity index (χ1n) is 10.8. The van der Waals surface area contributed by atoms with E-state index >= 15 is 0 Å². The molecule has 3 saturated heterocycles. The fourth-order valence-electron chi connectivity index (χ4n) is 5.68. The maximum atomic E-state index is 13.0. The molecule has 1 aromatic rings. The van der Waals surface area contributed by atoms with Gasteiger partial charge in [0.15, 0.2) is 0 Å². The Kier molecular flexibility index (Phi) is 4.67. The summed E-state index contributed by atoms with van der Waals surface area (Å²) in [5.41, 5.74) is 3.19. The molecule has 5 rings (SSSR count). The molecular formula is C22H28N4O3. The topological polar surface area (TPSA) is 81.8 Å². The smallest absolute Gasteiger partial charge is 0.255 e. The molecule has 7 heteroatoms. The van der Waals surface area contributed by atoms with Gasteiger partial charge in [-0.15, -0.1) is 0 Å². The molecule has 0 saturated carbocycles. The largest absolute Gasteiger partial charge is 0.322 e. The van der Waals surface area contributed by atoms with Crippen molar-refractivity contribution in [2.45, 2.75) is 63.2 Å². The Morgan fingerprint density at radius 1 is 1.14 bits per heavy atom. The van der Waals surface area contributed by atoms with Crippen LogP contribution in [0.15, 0.2) is 18.2 Å². The fraction of sp³-hybridized carbons (Fsp3) is 0.591. The third-order valence-electron chi connectivity index (χ3n) is 7.23. The van der Waals surface area contributed by atoms with Crippen molar-refractivity contribution in [2.75, 3.05) is 19.6 Å². The number of benzene rings is 1. The minimum absolute atomic E-state index is 0.0909. The molecule has 4 aliphatic rings. The van der Waals surface area contributed by atoms with Crippen molar-refractivity contribution in [2.24, 2.45) is 0 Å². The molecular weight excluding hydrogens is 368 g/mol. The Morgan fingerprint density at radius 2 is 2.00 bits per heavy atom. The zero-order chi connectivity index (χ0) is 20.0. The highest BCUT2D eigenvalue weighted by Gasteiger charge is 2.43. The van der Waals surface area contributed by atoms with Crippen LogP contribution in [0.2, 0.25) is 0 Å². The Labute approximate surface area is 170 Å². The number of hydrogen-bond acceptors (Lipinski definition) is 5. The van der Waals surface area contributed by atoms with E-state index in [1.165, 1.54) is 31.2 Å². The number of imide groups is 1. The normalized spacial score (nSPS) is 30.1. The van der Waals surface area contributed by atoms with Gasteiger partial charge in [0.05, 0.1) is 0 Å². The monoisotopic (exact) mass is 396 g/mol. The Morgan fingerprint density at radius 3 is 2.79 bits per heavy atom. The van der Waals surface area contributed by atoms with Crippen molar-refractivity contribution in [1.82, 2.24) is 20.4 Å². The number of amides is 3. The Bertz CT molecular complexity index is 862. The van der Waals surface area contributed by atoms with Crippen LogP contribution in [0.5, 0.6) is 0 Å². The van der Waals surface area contributed by atoms with Gasteiger partial charge in [0.2, 0.25) is 11.8 Å². The molecule has 3 fully saturated rings. The lowest BCUT2D eigenvalue weighted by atomic mass is 9.87. The third kappa shape index (κ3) is 3.16. The highest BCUT2D eigenvalue weighted by Crippen LogP contribution is 2.37. The van der Waals surface area contributed by atoms with Crippen LogP contribution in [-0.2, 0) is 22.7 Å². The third-order valence-corrected chi connectivity index (χ3v) is 7.23. The highest BCUT2D eigenvalue weighted by molar-refractivity contribution is 6.05. The van der Waals surface area contributed by atoms with Gasteiger partial charge in [0.25, 0.3) is 5.91 Å². The average Bonchev–Trinajstić information content (AvgIpc) is 3.25. The summed E-state index contributed by atoms with van der Waals surface area (Å²) < 4.78 is 0. The van der Waals surface area contributed by atoms with Gasteiger partial charge in [-0.25, -0.2) is 0 Å². The predicted octanol–water partition coefficient (Wildman–Crippen LogP) is 1.17. The van der Waals surface area contributed by atoms with Gasteiger partial charge >= 0.3 is 0 Å². The number of hydrogen-bond donors (Lipinski definition) is 2. The molecule has 2 N–H and O–H groups in total. The lowest BCUT2D eigenvalue weighted by Gasteiger charge is -2.42. The number of carbonyl (C=O) groups is 3. The van der Waals surface area contributed by atoms with Crippen LogP contribution in [0.4, 0.5) is 0 Å². The number of piperidine rings is 2. The summed E-state index contributed by atoms with van der Waals surface area (Å²) in [6, 6.07) is 5.40. The summed E-state index contributed by atoms with van der Waals surface area (Å²) in [6.07, 6.45) is 5.59. The first kappa shape index (κ1) is 18.8. The number of carbonyl (C=O) groups excluding carboxylic acids is 3. The number of nitrogens with one attached hydrogen (secondary N) is 2. The molecule has 0 radical (unpaired) electrons. The maximum Gasteiger partial charge on any atom is 0.255 e. The quantitative estimate of drug-likeness (QED) is 0.750. The molecule has 4 aliphatic heterocycles. The minimum Gasteiger partial charge on any atom is -0.322 e. The van der Waals surface area contributed by atoms with E-state index in [0.717, 1.165) is 31.7 Å². The Balaban J connectivity index is 1.38. The second kappa shape index (κ2) is 7.22. The molecule has 7 nitrogen and oxygen atoms in total. The van der Waals surface area contributed by atoms with Gasteiger partial charge in [-0.3, -0.25) is 24.6 Å². The second-order valence-electron chi connectivity index (χ2n) is 8.87. The second-order valence-corrected chi connectivity index (χ2v) is 8.87. The summed E-state index contributed by atoms with van der Waals surface area (Å²) in [5, 5.41) is 5.95. The van der Waals surface area contributed by atoms with E-state index in [1.54, 1.807) is 4.90 Å². The van der Waals surface area contributed by atoms with E-state index in [-0.39, 0.29) is 29.7 Å². The van der Waals surface area contributed by atoms with Crippen molar-refractivity contribution in [3.05, 3.63) is 34.9 Å². The molecule has 1 spiro atoms. The lowest BCUT2D eigenvalue weighted by molar-refractivity contribution is -0.136. The number of fused-ring (bicyclic) bond motifs is 1. The van der Waals surface area contributed by atoms with Gasteiger partial charge < -0.3 is 10.2 Å². The van der Waals surface area contributed by atoms with Crippen LogP contribution in [-0.4, -0.2) is 58.7 Å². The molecule has 2 unspecified atom stereocenters. The van der Waals surface area contributed by atoms with Crippen molar-refractivity contribution in [3.8, 4) is 0 Å². The van der Waals surface area contributed by atoms with E-state index in [4.69, 9.17) is 0 Å². The molecule has 1 aromatic carbocycles. The van der Waals surface area contributed by atoms with E-state index < -0.39 is 6.04 Å². The van der Waals surface area contributed by atoms with Crippen LogP contribution in [0.1, 0.15) is 60.0 Å². The number of nitrogens with zero attached hydrogens (tertiary/aromatic N) is 2. The first-order chi connectivity index (χ1) is 14.1. The average molecular weight is 396 g/mol. The van der Waals surface area contributed by atoms with Crippen molar-refractivity contribution in [3.63, 3.8) is 0 Å². The molecule has 3 amide bonds. The van der Waals surface area contributed by atoms with E-state index in [1.807, 2.05) is 12.1 Å². The zero-order valence-corrected chi connectivity index (χ0v) is 16.7. The zero-order valence-electron chi connectivity index (χ0n) is 16.7. The standard InChI is InChI=1S/C22H28N4O3/c27-19-7-6-18(20(28)24-19)26-13-17-15(4-1-5-16(17)21(26)29)12-25-11-3-9-22(25)8-2-10-23-14-22/h1,4-5,18,23H,2-3,6-14H2,(H,24,27,28). The van der Waals surface area contributed by atoms with E-state index in [9.17, 15) is 14.4 Å². The summed E-state index contributed by atoms with van der Waals surface area (Å²) in [4.78, 5) is 41.1. The molecule has 154 valence electrons. The van der Waals surface area contributed by atoms with Crippen molar-refractivity contribution < 1.29 is 14.4 Å². The van der Waals surface area contributed by atoms with Gasteiger partial charge in [-0.05, 0) is 62.4 Å². The van der Waals surface area contributed by atoms with Crippen LogP contribution < -0.4 is 10.6 Å². The first-order valence-corrected chi connectivity index (χ1v) is 10.8. The maximum absolute atomic E-state index is 13.0. The summed E-state index contributed by atoms with van der Waals surface area (Å²) >= 11 is 0. The van der Waals surface area contributed by atoms with Crippen LogP contribution in [0, 0.1) is 0 Å². The molecule has 0 bridgehead atoms. The van der Waals surface area contributed by atoms with Gasteiger partial charge in [-0.1, -0.05) is 12.1 Å². The van der Waals surface area contributed by atoms with Crippen molar-refractivity contribution in [1.29, 1.82) is 0 Å². The fourth-order valence-corrected chi connectivity index (χ4v) is 5.68. The van der Waals surface area contributed by atoms with Gasteiger partial charge in [0, 0.05) is 37.2 Å². The van der Waals surface area contributed by atoms with Gasteiger partial charge in [-0.2, -0.15) is 0 Å². The number of likely N-dealkylation sites (tertiary alicyclic amines) is 1. The van der Waals surface area contributed by atoms with Crippen molar-refractivity contribution >= 4 is 17.7 Å². The number of rotatable bonds is 3. The predicted molar refractivity (Wildman–Crippen MR) is 107 cm³/mol. The lowest BCUT2D eigenvalue weighted by Crippen LogP contribution is -2.54. The van der Waals surface area contributed by atoms with Gasteiger partial charge in [0.1, 0.15) is 6.04 Å². The summed E-state index contributed by atoms with van der Waals surface area (Å²) in [5.74, 6) is -0.695. The highest BCUT2D eigenvalue weighted by atomic mass is 16.2. The molecule has 0 aliphatic carbocycles. The van der Waals surface area contributed by atoms with Crippen LogP contribution >= 0.6 is 0 Å². The molecule has 2 atom stereocenters. The van der Waals surface area contributed by atoms with Crippen LogP contribution in [0.25, 0.3) is 0 Å². The SMILES string of the molecule is O=C1CCC(N2Cc3c(CN4CCCC45CCCNC5)cccc3C2=O)C(=O)N1. The molecule has 0 aromatic heterocycles. The van der Waals surface area contributed by atoms with E-state index in [0.29, 0.717) is 18.5 Å². The summed E-state index contributed by atoms with van der Waals surface area (Å²) in [7, 11) is 0. The molecule has 29 heavy (non-hydrogen) atoms. The summed E-state index contributed by atoms with van der Waals surface area (Å²) in [6.45, 7) is 4.54. The minimum atomic E-state index is -0.555. The van der Waals surface area contributed by atoms with Crippen LogP contribution in [0.3, 0.4) is 0 Å².